The number of hydrogen-bond donors (Lipinski definition) is 0. The summed E-state index contributed by atoms with van der Waals surface area (Å²) >= 11 is 1.50. The van der Waals surface area contributed by atoms with Crippen molar-refractivity contribution >= 4 is 28.4 Å². The van der Waals surface area contributed by atoms with Crippen LogP contribution in [0.25, 0.3) is 22.4 Å². The van der Waals surface area contributed by atoms with Gasteiger partial charge in [-0.3, -0.25) is 9.20 Å². The Morgan fingerprint density at radius 2 is 1.79 bits per heavy atom. The third-order valence-electron chi connectivity index (χ3n) is 5.57. The van der Waals surface area contributed by atoms with Gasteiger partial charge < -0.3 is 0 Å². The second kappa shape index (κ2) is 8.78. The molecule has 5 rings (SSSR count). The second-order valence-electron chi connectivity index (χ2n) is 8.10. The first-order valence-corrected chi connectivity index (χ1v) is 11.9. The van der Waals surface area contributed by atoms with Gasteiger partial charge in [0.2, 0.25) is 5.78 Å². The van der Waals surface area contributed by atoms with Crippen LogP contribution < -0.4 is 5.56 Å². The minimum Gasteiger partial charge on any atom is -0.268 e. The van der Waals surface area contributed by atoms with Crippen LogP contribution in [0.1, 0.15) is 44.5 Å². The van der Waals surface area contributed by atoms with E-state index < -0.39 is 0 Å². The molecule has 0 aliphatic heterocycles. The van der Waals surface area contributed by atoms with Gasteiger partial charge in [0.15, 0.2) is 11.0 Å². The quantitative estimate of drug-likeness (QED) is 0.340. The molecule has 2 aromatic carbocycles. The Morgan fingerprint density at radius 3 is 2.61 bits per heavy atom. The first-order valence-electron chi connectivity index (χ1n) is 11.0. The highest BCUT2D eigenvalue weighted by molar-refractivity contribution is 7.98. The fraction of sp³-hybridized carbons (Fsp3) is 0.304. The number of aromatic nitrogens is 8. The summed E-state index contributed by atoms with van der Waals surface area (Å²) in [6.07, 6.45) is 0.947. The average molecular weight is 461 g/mol. The van der Waals surface area contributed by atoms with E-state index in [4.69, 9.17) is 0 Å². The highest BCUT2D eigenvalue weighted by atomic mass is 32.2. The van der Waals surface area contributed by atoms with Gasteiger partial charge in [0.05, 0.1) is 22.3 Å². The Balaban J connectivity index is 1.70. The molecule has 33 heavy (non-hydrogen) atoms. The van der Waals surface area contributed by atoms with Crippen molar-refractivity contribution in [3.63, 3.8) is 0 Å². The van der Waals surface area contributed by atoms with Gasteiger partial charge in [0.25, 0.3) is 5.56 Å². The first-order chi connectivity index (χ1) is 16.1. The molecular formula is C23H24N8OS. The SMILES string of the molecule is CCCn1nnnc1CSc1nnc2n(-c3ccccc3C(C)C)c(=O)c3ccccc3n12. The number of thioether (sulfide) groups is 1. The topological polar surface area (TPSA) is 95.8 Å². The Hall–Kier alpha value is -3.53. The van der Waals surface area contributed by atoms with Gasteiger partial charge in [-0.05, 0) is 46.5 Å². The molecule has 0 radical (unpaired) electrons. The van der Waals surface area contributed by atoms with Crippen LogP contribution in [0.2, 0.25) is 0 Å². The third kappa shape index (κ3) is 3.70. The summed E-state index contributed by atoms with van der Waals surface area (Å²) in [7, 11) is 0. The Morgan fingerprint density at radius 1 is 1.00 bits per heavy atom. The van der Waals surface area contributed by atoms with E-state index in [0.29, 0.717) is 22.1 Å². The monoisotopic (exact) mass is 460 g/mol. The molecule has 0 atom stereocenters. The number of aryl methyl sites for hydroxylation is 1. The standard InChI is InChI=1S/C23H24N8OS/c1-4-13-29-20(24-27-28-29)14-33-23-26-25-22-30(18-11-7-5-9-16(18)15(2)3)21(32)17-10-6-8-12-19(17)31(22)23/h5-12,15H,4,13-14H2,1-3H3. The smallest absolute Gasteiger partial charge is 0.267 e. The maximum absolute atomic E-state index is 13.6. The van der Waals surface area contributed by atoms with Crippen molar-refractivity contribution in [3.05, 3.63) is 70.3 Å². The normalized spacial score (nSPS) is 11.8. The molecule has 0 bridgehead atoms. The van der Waals surface area contributed by atoms with Gasteiger partial charge in [0, 0.05) is 6.54 Å². The fourth-order valence-corrected chi connectivity index (χ4v) is 4.88. The number of rotatable bonds is 7. The molecule has 0 saturated carbocycles. The van der Waals surface area contributed by atoms with E-state index in [1.807, 2.05) is 51.5 Å². The van der Waals surface area contributed by atoms with Crippen LogP contribution in [0.15, 0.2) is 58.5 Å². The maximum atomic E-state index is 13.6. The molecule has 0 amide bonds. The number of benzene rings is 2. The second-order valence-corrected chi connectivity index (χ2v) is 9.04. The lowest BCUT2D eigenvalue weighted by atomic mass is 10.0. The van der Waals surface area contributed by atoms with Crippen LogP contribution in [0.5, 0.6) is 0 Å². The first kappa shape index (κ1) is 21.3. The van der Waals surface area contributed by atoms with E-state index in [2.05, 4.69) is 52.6 Å². The van der Waals surface area contributed by atoms with E-state index >= 15 is 0 Å². The fourth-order valence-electron chi connectivity index (χ4n) is 4.01. The number of fused-ring (bicyclic) bond motifs is 3. The van der Waals surface area contributed by atoms with Crippen molar-refractivity contribution in [2.75, 3.05) is 0 Å². The molecule has 0 unspecified atom stereocenters. The Bertz CT molecular complexity index is 1500. The summed E-state index contributed by atoms with van der Waals surface area (Å²) in [6.45, 7) is 7.09. The molecule has 5 aromatic rings. The van der Waals surface area contributed by atoms with Crippen LogP contribution in [0, 0.1) is 0 Å². The molecule has 0 N–H and O–H groups in total. The van der Waals surface area contributed by atoms with Gasteiger partial charge in [-0.15, -0.1) is 15.3 Å². The molecule has 9 nitrogen and oxygen atoms in total. The summed E-state index contributed by atoms with van der Waals surface area (Å²) in [5.74, 6) is 2.06. The van der Waals surface area contributed by atoms with Crippen molar-refractivity contribution in [3.8, 4) is 5.69 Å². The summed E-state index contributed by atoms with van der Waals surface area (Å²) in [4.78, 5) is 13.6. The molecular weight excluding hydrogens is 436 g/mol. The minimum atomic E-state index is -0.109. The predicted molar refractivity (Wildman–Crippen MR) is 128 cm³/mol. The maximum Gasteiger partial charge on any atom is 0.267 e. The zero-order chi connectivity index (χ0) is 22.9. The van der Waals surface area contributed by atoms with Gasteiger partial charge in [-0.25, -0.2) is 9.25 Å². The van der Waals surface area contributed by atoms with E-state index in [-0.39, 0.29) is 11.5 Å². The summed E-state index contributed by atoms with van der Waals surface area (Å²) in [5.41, 5.74) is 2.57. The van der Waals surface area contributed by atoms with Crippen LogP contribution in [-0.4, -0.2) is 39.4 Å². The molecule has 10 heteroatoms. The average Bonchev–Trinajstić information content (AvgIpc) is 3.45. The van der Waals surface area contributed by atoms with Gasteiger partial charge in [0.1, 0.15) is 0 Å². The highest BCUT2D eigenvalue weighted by Crippen LogP contribution is 2.28. The lowest BCUT2D eigenvalue weighted by molar-refractivity contribution is 0.564. The Labute approximate surface area is 194 Å². The van der Waals surface area contributed by atoms with Crippen molar-refractivity contribution < 1.29 is 0 Å². The van der Waals surface area contributed by atoms with Crippen LogP contribution in [0.3, 0.4) is 0 Å². The van der Waals surface area contributed by atoms with E-state index in [1.165, 1.54) is 11.8 Å². The molecule has 3 heterocycles. The largest absolute Gasteiger partial charge is 0.268 e. The molecule has 0 saturated heterocycles. The molecule has 3 aromatic heterocycles. The molecule has 0 fully saturated rings. The summed E-state index contributed by atoms with van der Waals surface area (Å²) in [5, 5.41) is 22.2. The summed E-state index contributed by atoms with van der Waals surface area (Å²) in [6, 6.07) is 15.5. The molecule has 0 aliphatic rings. The van der Waals surface area contributed by atoms with Crippen molar-refractivity contribution in [2.45, 2.75) is 50.6 Å². The third-order valence-corrected chi connectivity index (χ3v) is 6.49. The minimum absolute atomic E-state index is 0.109. The predicted octanol–water partition coefficient (Wildman–Crippen LogP) is 3.85. The number of hydrogen-bond acceptors (Lipinski definition) is 7. The van der Waals surface area contributed by atoms with Crippen molar-refractivity contribution in [2.24, 2.45) is 0 Å². The van der Waals surface area contributed by atoms with Crippen molar-refractivity contribution in [1.29, 1.82) is 0 Å². The highest BCUT2D eigenvalue weighted by Gasteiger charge is 2.20. The molecule has 168 valence electrons. The molecule has 0 aliphatic carbocycles. The van der Waals surface area contributed by atoms with Crippen LogP contribution in [-0.2, 0) is 12.3 Å². The summed E-state index contributed by atoms with van der Waals surface area (Å²) < 4.78 is 5.44. The lowest BCUT2D eigenvalue weighted by Gasteiger charge is -2.16. The van der Waals surface area contributed by atoms with E-state index in [9.17, 15) is 4.79 Å². The number of tetrazole rings is 1. The lowest BCUT2D eigenvalue weighted by Crippen LogP contribution is -2.23. The van der Waals surface area contributed by atoms with Crippen LogP contribution >= 0.6 is 11.8 Å². The van der Waals surface area contributed by atoms with Gasteiger partial charge in [-0.1, -0.05) is 62.9 Å². The zero-order valence-corrected chi connectivity index (χ0v) is 19.5. The molecule has 0 spiro atoms. The van der Waals surface area contributed by atoms with Gasteiger partial charge in [-0.2, -0.15) is 0 Å². The zero-order valence-electron chi connectivity index (χ0n) is 18.7. The van der Waals surface area contributed by atoms with E-state index in [0.717, 1.165) is 35.6 Å². The van der Waals surface area contributed by atoms with E-state index in [1.54, 1.807) is 4.57 Å². The van der Waals surface area contributed by atoms with Crippen molar-refractivity contribution in [1.82, 2.24) is 39.4 Å². The van der Waals surface area contributed by atoms with Crippen LogP contribution in [0.4, 0.5) is 0 Å². The number of nitrogens with zero attached hydrogens (tertiary/aromatic N) is 8. The van der Waals surface area contributed by atoms with Gasteiger partial charge >= 0.3 is 0 Å². The number of para-hydroxylation sites is 2. The Kier molecular flexibility index (Phi) is 5.67.